The predicted molar refractivity (Wildman–Crippen MR) is 36.2 cm³/mol. The molecule has 0 aromatic carbocycles. The Hall–Kier alpha value is 0.314. The molecule has 0 saturated heterocycles. The van der Waals surface area contributed by atoms with E-state index in [0.29, 0.717) is 0 Å². The monoisotopic (exact) mass is 136 g/mol. The van der Waals surface area contributed by atoms with Crippen molar-refractivity contribution in [3.05, 3.63) is 0 Å². The predicted octanol–water partition coefficient (Wildman–Crippen LogP) is -2.36. The van der Waals surface area contributed by atoms with E-state index in [1.54, 1.807) is 0 Å². The van der Waals surface area contributed by atoms with E-state index in [-0.39, 0.29) is 19.5 Å². The molecule has 0 heterocycles. The molecule has 3 nitrogen and oxygen atoms in total. The summed E-state index contributed by atoms with van der Waals surface area (Å²) in [5.74, 6) is 4.99. The van der Waals surface area contributed by atoms with Crippen molar-refractivity contribution >= 4 is 19.5 Å². The van der Waals surface area contributed by atoms with Gasteiger partial charge in [0.15, 0.2) is 9.76 Å². The van der Waals surface area contributed by atoms with Crippen LogP contribution in [0, 0.1) is 0 Å². The number of hydrazine groups is 1. The first-order valence-corrected chi connectivity index (χ1v) is 6.00. The topological polar surface area (TPSA) is 47.3 Å². The molecule has 0 unspecified atom stereocenters. The van der Waals surface area contributed by atoms with Crippen molar-refractivity contribution in [2.24, 2.45) is 5.84 Å². The number of hydrogen-bond donors (Lipinski definition) is 2. The highest BCUT2D eigenvalue weighted by molar-refractivity contribution is 6.41. The van der Waals surface area contributed by atoms with Gasteiger partial charge in [-0.3, -0.25) is 11.3 Å². The van der Waals surface area contributed by atoms with Crippen molar-refractivity contribution < 1.29 is 4.12 Å². The van der Waals surface area contributed by atoms with E-state index in [1.165, 1.54) is 0 Å². The van der Waals surface area contributed by atoms with Crippen molar-refractivity contribution in [3.8, 4) is 0 Å². The lowest BCUT2D eigenvalue weighted by Gasteiger charge is -1.95. The Morgan fingerprint density at radius 2 is 2.57 bits per heavy atom. The largest absolute Gasteiger partial charge is 0.464 e. The van der Waals surface area contributed by atoms with E-state index in [0.717, 1.165) is 6.17 Å². The molecule has 0 radical (unpaired) electrons. The first kappa shape index (κ1) is 7.31. The zero-order valence-corrected chi connectivity index (χ0v) is 7.44. The molecule has 5 heteroatoms. The minimum atomic E-state index is -0.263. The standard InChI is InChI=1S/C2H12N2OSi2/c1-6-5-7-2-4-3/h4H,2-3,6-7H2,1H3. The Balaban J connectivity index is 2.45. The SMILES string of the molecule is C[SiH2]O[SiH2]CNN. The number of rotatable bonds is 4. The highest BCUT2D eigenvalue weighted by atomic mass is 28.3. The summed E-state index contributed by atoms with van der Waals surface area (Å²) in [6, 6.07) is 0. The van der Waals surface area contributed by atoms with Gasteiger partial charge < -0.3 is 4.12 Å². The number of nitrogens with one attached hydrogen (secondary N) is 1. The summed E-state index contributed by atoms with van der Waals surface area (Å²) in [6.45, 7) is 2.13. The second kappa shape index (κ2) is 6.31. The Morgan fingerprint density at radius 3 is 3.00 bits per heavy atom. The van der Waals surface area contributed by atoms with Gasteiger partial charge in [0.1, 0.15) is 9.76 Å². The van der Waals surface area contributed by atoms with Crippen molar-refractivity contribution in [1.82, 2.24) is 5.43 Å². The second-order valence-electron chi connectivity index (χ2n) is 1.15. The Labute approximate surface area is 48.5 Å². The van der Waals surface area contributed by atoms with Gasteiger partial charge in [0.25, 0.3) is 0 Å². The van der Waals surface area contributed by atoms with Crippen LogP contribution in [0.4, 0.5) is 0 Å². The first-order chi connectivity index (χ1) is 3.41. The summed E-state index contributed by atoms with van der Waals surface area (Å²) in [5.41, 5.74) is 2.56. The molecular weight excluding hydrogens is 124 g/mol. The van der Waals surface area contributed by atoms with E-state index in [2.05, 4.69) is 12.0 Å². The fraction of sp³-hybridized carbons (Fsp3) is 1.00. The van der Waals surface area contributed by atoms with Crippen LogP contribution in [-0.4, -0.2) is 25.7 Å². The average Bonchev–Trinajstić information content (AvgIpc) is 1.69. The zero-order chi connectivity index (χ0) is 5.54. The molecule has 0 aromatic rings. The molecule has 0 bridgehead atoms. The third-order valence-electron chi connectivity index (χ3n) is 0.595. The van der Waals surface area contributed by atoms with Crippen LogP contribution in [0.5, 0.6) is 0 Å². The molecule has 0 amide bonds. The van der Waals surface area contributed by atoms with E-state index in [4.69, 9.17) is 9.96 Å². The maximum atomic E-state index is 5.21. The third-order valence-corrected chi connectivity index (χ3v) is 3.88. The summed E-state index contributed by atoms with van der Waals surface area (Å²) in [4.78, 5) is 0. The van der Waals surface area contributed by atoms with E-state index in [9.17, 15) is 0 Å². The molecule has 0 aliphatic carbocycles. The molecule has 0 saturated carbocycles. The van der Waals surface area contributed by atoms with Gasteiger partial charge in [-0.25, -0.2) is 0 Å². The summed E-state index contributed by atoms with van der Waals surface area (Å²) in [7, 11) is -0.403. The lowest BCUT2D eigenvalue weighted by atomic mass is 11.5. The quantitative estimate of drug-likeness (QED) is 0.197. The van der Waals surface area contributed by atoms with Gasteiger partial charge in [-0.1, -0.05) is 6.55 Å². The van der Waals surface area contributed by atoms with Crippen molar-refractivity contribution in [2.45, 2.75) is 6.55 Å². The first-order valence-electron chi connectivity index (χ1n) is 2.43. The summed E-state index contributed by atoms with van der Waals surface area (Å²) in [6.07, 6.45) is 0.904. The lowest BCUT2D eigenvalue weighted by molar-refractivity contribution is 0.630. The van der Waals surface area contributed by atoms with E-state index in [1.807, 2.05) is 0 Å². The van der Waals surface area contributed by atoms with Crippen LogP contribution in [-0.2, 0) is 4.12 Å². The highest BCUT2D eigenvalue weighted by Crippen LogP contribution is 1.59. The van der Waals surface area contributed by atoms with Crippen molar-refractivity contribution in [3.63, 3.8) is 0 Å². The minimum Gasteiger partial charge on any atom is -0.464 e. The van der Waals surface area contributed by atoms with Crippen LogP contribution in [0.2, 0.25) is 6.55 Å². The molecule has 0 aliphatic heterocycles. The van der Waals surface area contributed by atoms with Crippen molar-refractivity contribution in [1.29, 1.82) is 0 Å². The maximum Gasteiger partial charge on any atom is 0.161 e. The van der Waals surface area contributed by atoms with Crippen LogP contribution >= 0.6 is 0 Å². The smallest absolute Gasteiger partial charge is 0.161 e. The number of hydrogen-bond acceptors (Lipinski definition) is 3. The normalized spacial score (nSPS) is 12.9. The Morgan fingerprint density at radius 1 is 1.86 bits per heavy atom. The molecule has 0 aromatic heterocycles. The van der Waals surface area contributed by atoms with Gasteiger partial charge in [-0.05, 0) is 0 Å². The van der Waals surface area contributed by atoms with Crippen molar-refractivity contribution in [2.75, 3.05) is 6.17 Å². The molecule has 0 fully saturated rings. The highest BCUT2D eigenvalue weighted by Gasteiger charge is 1.79. The Bertz CT molecular complexity index is 32.9. The van der Waals surface area contributed by atoms with Crippen LogP contribution in [0.15, 0.2) is 0 Å². The molecular formula is C2H12N2OSi2. The molecule has 44 valence electrons. The maximum absolute atomic E-state index is 5.21. The van der Waals surface area contributed by atoms with Gasteiger partial charge in [0.2, 0.25) is 0 Å². The molecule has 0 atom stereocenters. The molecule has 7 heavy (non-hydrogen) atoms. The summed E-state index contributed by atoms with van der Waals surface area (Å²) < 4.78 is 5.21. The fourth-order valence-corrected chi connectivity index (χ4v) is 2.13. The number of nitrogens with two attached hydrogens (primary N) is 1. The van der Waals surface area contributed by atoms with Crippen LogP contribution < -0.4 is 11.3 Å². The van der Waals surface area contributed by atoms with Gasteiger partial charge in [0.05, 0.1) is 0 Å². The molecule has 3 N–H and O–H groups in total. The van der Waals surface area contributed by atoms with Gasteiger partial charge >= 0.3 is 0 Å². The molecule has 0 aliphatic rings. The second-order valence-corrected chi connectivity index (χ2v) is 4.27. The fourth-order valence-electron chi connectivity index (χ4n) is 0.275. The van der Waals surface area contributed by atoms with Gasteiger partial charge in [0, 0.05) is 6.17 Å². The summed E-state index contributed by atoms with van der Waals surface area (Å²) >= 11 is 0. The average molecular weight is 136 g/mol. The van der Waals surface area contributed by atoms with E-state index < -0.39 is 0 Å². The van der Waals surface area contributed by atoms with E-state index >= 15 is 0 Å². The van der Waals surface area contributed by atoms with Crippen LogP contribution in [0.25, 0.3) is 0 Å². The van der Waals surface area contributed by atoms with Gasteiger partial charge in [-0.2, -0.15) is 0 Å². The minimum absolute atomic E-state index is 0.140. The third kappa shape index (κ3) is 6.31. The van der Waals surface area contributed by atoms with Gasteiger partial charge in [-0.15, -0.1) is 0 Å². The van der Waals surface area contributed by atoms with Crippen LogP contribution in [0.3, 0.4) is 0 Å². The Kier molecular flexibility index (Phi) is 6.60. The molecule has 0 rings (SSSR count). The lowest BCUT2D eigenvalue weighted by Crippen LogP contribution is -2.28. The zero-order valence-electron chi connectivity index (χ0n) is 4.61. The molecule has 0 spiro atoms. The van der Waals surface area contributed by atoms with Crippen LogP contribution in [0.1, 0.15) is 0 Å². The summed E-state index contributed by atoms with van der Waals surface area (Å²) in [5, 5.41) is 0.